The number of amidine groups is 1. The molecule has 244 valence electrons. The molecule has 3 aromatic carbocycles. The highest BCUT2D eigenvalue weighted by atomic mass is 35.5. The Morgan fingerprint density at radius 3 is 2.20 bits per heavy atom. The first kappa shape index (κ1) is 34.0. The van der Waals surface area contributed by atoms with E-state index in [2.05, 4.69) is 5.32 Å². The third-order valence-electron chi connectivity index (χ3n) is 8.20. The van der Waals surface area contributed by atoms with Crippen LogP contribution in [-0.2, 0) is 14.8 Å². The number of benzene rings is 3. The smallest absolute Gasteiger partial charge is 0.326 e. The fourth-order valence-corrected chi connectivity index (χ4v) is 7.79. The Balaban J connectivity index is 0.00000417. The molecular weight excluding hydrogens is 673 g/mol. The van der Waals surface area contributed by atoms with Crippen LogP contribution in [0.15, 0.2) is 76.6 Å². The molecule has 2 atom stereocenters. The second-order valence-electron chi connectivity index (χ2n) is 11.1. The Bertz CT molecular complexity index is 1730. The zero-order valence-corrected chi connectivity index (χ0v) is 28.2. The van der Waals surface area contributed by atoms with Gasteiger partial charge in [0.25, 0.3) is 0 Å². The maximum Gasteiger partial charge on any atom is 0.326 e. The molecule has 2 saturated heterocycles. The van der Waals surface area contributed by atoms with Crippen LogP contribution in [0.5, 0.6) is 5.75 Å². The molecule has 3 amide bonds. The van der Waals surface area contributed by atoms with Gasteiger partial charge in [0.1, 0.15) is 24.2 Å². The van der Waals surface area contributed by atoms with E-state index in [-0.39, 0.29) is 42.1 Å². The van der Waals surface area contributed by atoms with Crippen LogP contribution in [0.1, 0.15) is 48.5 Å². The molecule has 14 heteroatoms. The lowest BCUT2D eigenvalue weighted by Crippen LogP contribution is -2.55. The van der Waals surface area contributed by atoms with E-state index in [9.17, 15) is 18.0 Å². The number of piperazine rings is 1. The highest BCUT2D eigenvalue weighted by Crippen LogP contribution is 2.45. The number of ether oxygens (including phenoxy) is 1. The number of aliphatic imine (C=N–C) groups is 1. The lowest BCUT2D eigenvalue weighted by atomic mass is 9.93. The Morgan fingerprint density at radius 1 is 0.957 bits per heavy atom. The van der Waals surface area contributed by atoms with E-state index in [1.165, 1.54) is 21.3 Å². The molecule has 2 fully saturated rings. The van der Waals surface area contributed by atoms with Gasteiger partial charge in [0.2, 0.25) is 15.9 Å². The van der Waals surface area contributed by atoms with E-state index in [0.717, 1.165) is 24.0 Å². The summed E-state index contributed by atoms with van der Waals surface area (Å²) in [5.41, 5.74) is 2.05. The second kappa shape index (κ2) is 14.2. The van der Waals surface area contributed by atoms with E-state index in [0.29, 0.717) is 47.6 Å². The molecule has 3 aromatic rings. The number of halogens is 3. The summed E-state index contributed by atoms with van der Waals surface area (Å²) in [5, 5.41) is 3.87. The Hall–Kier alpha value is -3.35. The zero-order valence-electron chi connectivity index (χ0n) is 25.1. The van der Waals surface area contributed by atoms with E-state index < -0.39 is 28.1 Å². The predicted molar refractivity (Wildman–Crippen MR) is 180 cm³/mol. The quantitative estimate of drug-likeness (QED) is 0.339. The molecule has 0 aromatic heterocycles. The normalized spacial score (nSPS) is 20.2. The SMILES string of the molecule is CCOc1cc(S(=O)(=O)N2CCCC2)ccc1C1=N[C@@H](c2ccc(Cl)cc2)[C@@H](c2ccc(Cl)cc2)N1C(=O)N1CCNC(=O)C1.Cl. The van der Waals surface area contributed by atoms with Crippen LogP contribution in [0.25, 0.3) is 0 Å². The number of carbonyl (C=O) groups is 2. The third-order valence-corrected chi connectivity index (χ3v) is 10.6. The summed E-state index contributed by atoms with van der Waals surface area (Å²) in [5.74, 6) is 0.341. The molecule has 46 heavy (non-hydrogen) atoms. The number of carbonyl (C=O) groups excluding carboxylic acids is 2. The van der Waals surface area contributed by atoms with E-state index >= 15 is 0 Å². The van der Waals surface area contributed by atoms with Gasteiger partial charge in [-0.25, -0.2) is 13.2 Å². The van der Waals surface area contributed by atoms with Crippen molar-refractivity contribution >= 4 is 63.4 Å². The lowest BCUT2D eigenvalue weighted by molar-refractivity contribution is -0.123. The Labute approximate surface area is 284 Å². The molecule has 0 unspecified atom stereocenters. The van der Waals surface area contributed by atoms with Gasteiger partial charge in [-0.1, -0.05) is 47.5 Å². The molecule has 0 spiro atoms. The van der Waals surface area contributed by atoms with Gasteiger partial charge in [-0.15, -0.1) is 12.4 Å². The summed E-state index contributed by atoms with van der Waals surface area (Å²) in [7, 11) is -3.73. The van der Waals surface area contributed by atoms with E-state index in [4.69, 9.17) is 32.9 Å². The molecule has 0 saturated carbocycles. The topological polar surface area (TPSA) is 112 Å². The number of urea groups is 1. The van der Waals surface area contributed by atoms with Crippen LogP contribution in [0.3, 0.4) is 0 Å². The molecule has 0 bridgehead atoms. The van der Waals surface area contributed by atoms with Gasteiger partial charge in [0.15, 0.2) is 0 Å². The van der Waals surface area contributed by atoms with E-state index in [1.54, 1.807) is 35.2 Å². The Morgan fingerprint density at radius 2 is 1.59 bits per heavy atom. The van der Waals surface area contributed by atoms with Crippen LogP contribution in [0.4, 0.5) is 4.79 Å². The average Bonchev–Trinajstić information content (AvgIpc) is 3.72. The number of amides is 3. The van der Waals surface area contributed by atoms with Crippen molar-refractivity contribution in [1.82, 2.24) is 19.4 Å². The van der Waals surface area contributed by atoms with Crippen LogP contribution in [0.2, 0.25) is 10.0 Å². The van der Waals surface area contributed by atoms with Crippen molar-refractivity contribution in [2.24, 2.45) is 4.99 Å². The number of hydrogen-bond donors (Lipinski definition) is 1. The van der Waals surface area contributed by atoms with Crippen molar-refractivity contribution in [2.45, 2.75) is 36.7 Å². The highest BCUT2D eigenvalue weighted by Gasteiger charge is 2.45. The summed E-state index contributed by atoms with van der Waals surface area (Å²) in [6.07, 6.45) is 1.63. The minimum atomic E-state index is -3.73. The summed E-state index contributed by atoms with van der Waals surface area (Å²) < 4.78 is 34.5. The first-order valence-corrected chi connectivity index (χ1v) is 17.1. The summed E-state index contributed by atoms with van der Waals surface area (Å²) in [6, 6.07) is 17.6. The Kier molecular flexibility index (Phi) is 10.5. The molecule has 10 nitrogen and oxygen atoms in total. The van der Waals surface area contributed by atoms with Gasteiger partial charge in [-0.2, -0.15) is 4.31 Å². The minimum absolute atomic E-state index is 0. The monoisotopic (exact) mass is 705 g/mol. The van der Waals surface area contributed by atoms with Crippen molar-refractivity contribution in [3.05, 3.63) is 93.5 Å². The molecule has 0 radical (unpaired) electrons. The number of nitrogens with zero attached hydrogens (tertiary/aromatic N) is 4. The van der Waals surface area contributed by atoms with Crippen molar-refractivity contribution in [3.8, 4) is 5.75 Å². The van der Waals surface area contributed by atoms with Gasteiger partial charge in [-0.05, 0) is 67.3 Å². The van der Waals surface area contributed by atoms with Gasteiger partial charge in [0, 0.05) is 42.3 Å². The fraction of sp³-hybridized carbons (Fsp3) is 0.344. The molecule has 3 aliphatic rings. The van der Waals surface area contributed by atoms with E-state index in [1.807, 2.05) is 31.2 Å². The average molecular weight is 707 g/mol. The van der Waals surface area contributed by atoms with Gasteiger partial charge in [0.05, 0.1) is 23.1 Å². The van der Waals surface area contributed by atoms with Crippen LogP contribution in [-0.4, -0.2) is 79.6 Å². The third kappa shape index (κ3) is 6.70. The largest absolute Gasteiger partial charge is 0.493 e. The first-order valence-electron chi connectivity index (χ1n) is 14.9. The van der Waals surface area contributed by atoms with Crippen LogP contribution in [0, 0.1) is 0 Å². The summed E-state index contributed by atoms with van der Waals surface area (Å²) in [6.45, 7) is 3.55. The molecule has 0 aliphatic carbocycles. The van der Waals surface area contributed by atoms with Gasteiger partial charge >= 0.3 is 6.03 Å². The number of sulfonamides is 1. The van der Waals surface area contributed by atoms with Crippen LogP contribution >= 0.6 is 35.6 Å². The fourth-order valence-electron chi connectivity index (χ4n) is 6.01. The summed E-state index contributed by atoms with van der Waals surface area (Å²) >= 11 is 12.5. The molecule has 3 aliphatic heterocycles. The second-order valence-corrected chi connectivity index (χ2v) is 13.9. The van der Waals surface area contributed by atoms with Gasteiger partial charge in [-0.3, -0.25) is 14.7 Å². The van der Waals surface area contributed by atoms with Crippen molar-refractivity contribution in [3.63, 3.8) is 0 Å². The highest BCUT2D eigenvalue weighted by molar-refractivity contribution is 7.89. The maximum atomic E-state index is 14.5. The summed E-state index contributed by atoms with van der Waals surface area (Å²) in [4.78, 5) is 35.2. The number of hydrogen-bond acceptors (Lipinski definition) is 6. The molecule has 3 heterocycles. The molecule has 6 rings (SSSR count). The maximum absolute atomic E-state index is 14.5. The van der Waals surface area contributed by atoms with Gasteiger partial charge < -0.3 is 15.0 Å². The standard InChI is InChI=1S/C32H33Cl2N5O5S.ClH/c1-2-44-27-19-25(45(42,43)38-16-3-4-17-38)13-14-26(27)31-36-29(21-5-9-23(33)10-6-21)30(22-7-11-24(34)12-8-22)39(31)32(41)37-18-15-35-28(40)20-37;/h5-14,19,29-30H,2-4,15-18,20H2,1H3,(H,35,40);1H/t29-,30+;/m0./s1. The van der Waals surface area contributed by atoms with Crippen molar-refractivity contribution < 1.29 is 22.7 Å². The first-order chi connectivity index (χ1) is 21.7. The lowest BCUT2D eigenvalue weighted by Gasteiger charge is -2.35. The van der Waals surface area contributed by atoms with Crippen molar-refractivity contribution in [1.29, 1.82) is 0 Å². The van der Waals surface area contributed by atoms with Crippen molar-refractivity contribution in [2.75, 3.05) is 39.3 Å². The predicted octanol–water partition coefficient (Wildman–Crippen LogP) is 5.70. The molecular formula is C32H34Cl3N5O5S. The number of nitrogens with one attached hydrogen (secondary N) is 1. The minimum Gasteiger partial charge on any atom is -0.493 e. The zero-order chi connectivity index (χ0) is 31.7. The number of rotatable bonds is 7. The van der Waals surface area contributed by atoms with Crippen LogP contribution < -0.4 is 10.1 Å². The molecule has 1 N–H and O–H groups in total.